The minimum atomic E-state index is -0.859. The fourth-order valence-corrected chi connectivity index (χ4v) is 7.92. The van der Waals surface area contributed by atoms with Crippen molar-refractivity contribution < 1.29 is 28.9 Å². The molecule has 0 bridgehead atoms. The van der Waals surface area contributed by atoms with Crippen molar-refractivity contribution in [3.05, 3.63) is 53.6 Å². The van der Waals surface area contributed by atoms with E-state index < -0.39 is 24.1 Å². The van der Waals surface area contributed by atoms with Crippen molar-refractivity contribution in [2.75, 3.05) is 20.4 Å². The second kappa shape index (κ2) is 12.4. The molecule has 2 aromatic rings. The van der Waals surface area contributed by atoms with Crippen LogP contribution in [0, 0.1) is 5.92 Å². The number of likely N-dealkylation sites (tertiary alicyclic amines) is 1. The van der Waals surface area contributed by atoms with Gasteiger partial charge < -0.3 is 24.1 Å². The van der Waals surface area contributed by atoms with Gasteiger partial charge in [-0.1, -0.05) is 56.7 Å². The highest BCUT2D eigenvalue weighted by atomic mass is 16.7. The Bertz CT molecular complexity index is 1190. The summed E-state index contributed by atoms with van der Waals surface area (Å²) in [6, 6.07) is 13.6. The zero-order valence-corrected chi connectivity index (χ0v) is 24.0. The topological polar surface area (TPSA) is 88.5 Å². The third-order valence-corrected chi connectivity index (χ3v) is 9.87. The summed E-state index contributed by atoms with van der Waals surface area (Å²) < 4.78 is 16.6. The largest absolute Gasteiger partial charge is 0.497 e. The fraction of sp³-hybridized carbons (Fsp3) is 0.576. The normalized spacial score (nSPS) is 26.2. The van der Waals surface area contributed by atoms with Crippen LogP contribution < -0.4 is 14.2 Å². The van der Waals surface area contributed by atoms with Gasteiger partial charge in [0.2, 0.25) is 6.79 Å². The molecule has 2 aliphatic carbocycles. The highest BCUT2D eigenvalue weighted by molar-refractivity contribution is 5.74. The molecule has 2 aliphatic heterocycles. The van der Waals surface area contributed by atoms with Gasteiger partial charge in [0.05, 0.1) is 19.1 Å². The van der Waals surface area contributed by atoms with Crippen LogP contribution in [0.3, 0.4) is 0 Å². The summed E-state index contributed by atoms with van der Waals surface area (Å²) in [7, 11) is 1.63. The van der Waals surface area contributed by atoms with Gasteiger partial charge in [-0.15, -0.1) is 0 Å². The molecule has 0 radical (unpaired) electrons. The lowest BCUT2D eigenvalue weighted by atomic mass is 9.82. The average molecular weight is 563 g/mol. The number of methoxy groups -OCH3 is 1. The Balaban J connectivity index is 1.43. The number of hydrogen-bond acceptors (Lipinski definition) is 7. The van der Waals surface area contributed by atoms with E-state index in [1.807, 2.05) is 42.5 Å². The summed E-state index contributed by atoms with van der Waals surface area (Å²) >= 11 is 0. The maximum absolute atomic E-state index is 13.3. The van der Waals surface area contributed by atoms with Crippen molar-refractivity contribution in [2.45, 2.75) is 94.4 Å². The van der Waals surface area contributed by atoms with Crippen molar-refractivity contribution in [1.82, 2.24) is 9.80 Å². The SMILES string of the molecule is COc1ccc(C2C(C(=O)O)C(c3ccc4c(c3)OCO4)CN2C(C=O)N(C2CCCCC2)C2CCCCC2)cc1. The molecule has 8 heteroatoms. The van der Waals surface area contributed by atoms with Gasteiger partial charge in [-0.25, -0.2) is 0 Å². The first-order valence-corrected chi connectivity index (χ1v) is 15.3. The van der Waals surface area contributed by atoms with Crippen molar-refractivity contribution in [3.8, 4) is 17.2 Å². The first-order valence-electron chi connectivity index (χ1n) is 15.3. The summed E-state index contributed by atoms with van der Waals surface area (Å²) in [5.74, 6) is 0.109. The molecule has 0 spiro atoms. The highest BCUT2D eigenvalue weighted by Crippen LogP contribution is 2.49. The van der Waals surface area contributed by atoms with Crippen LogP contribution in [0.5, 0.6) is 17.2 Å². The number of carbonyl (C=O) groups excluding carboxylic acids is 1. The van der Waals surface area contributed by atoms with Gasteiger partial charge in [-0.2, -0.15) is 0 Å². The maximum atomic E-state index is 13.3. The van der Waals surface area contributed by atoms with Gasteiger partial charge in [0.1, 0.15) is 11.9 Å². The van der Waals surface area contributed by atoms with Gasteiger partial charge in [-0.3, -0.25) is 14.6 Å². The molecule has 4 aliphatic rings. The molecule has 8 nitrogen and oxygen atoms in total. The standard InChI is InChI=1S/C33H42N2O6/c1-39-26-15-12-22(13-16-26)32-31(33(37)38)27(23-14-17-28-29(18-23)41-21-40-28)19-34(32)30(20-36)35(24-8-4-2-5-9-24)25-10-6-3-7-11-25/h12-18,20,24-25,27,30-32H,2-11,19,21H2,1H3,(H,37,38). The van der Waals surface area contributed by atoms with E-state index in [2.05, 4.69) is 9.80 Å². The smallest absolute Gasteiger partial charge is 0.309 e. The van der Waals surface area contributed by atoms with Crippen LogP contribution in [0.15, 0.2) is 42.5 Å². The zero-order valence-electron chi connectivity index (χ0n) is 24.0. The lowest BCUT2D eigenvalue weighted by Gasteiger charge is -2.48. The van der Waals surface area contributed by atoms with Crippen LogP contribution in [-0.2, 0) is 9.59 Å². The molecule has 2 heterocycles. The van der Waals surface area contributed by atoms with Crippen LogP contribution >= 0.6 is 0 Å². The molecule has 0 amide bonds. The van der Waals surface area contributed by atoms with Gasteiger partial charge in [0, 0.05) is 24.5 Å². The first kappa shape index (κ1) is 28.0. The minimum absolute atomic E-state index is 0.164. The zero-order chi connectivity index (χ0) is 28.3. The van der Waals surface area contributed by atoms with Crippen molar-refractivity contribution in [1.29, 1.82) is 0 Å². The Labute approximate surface area is 242 Å². The van der Waals surface area contributed by atoms with Crippen LogP contribution in [0.4, 0.5) is 0 Å². The van der Waals surface area contributed by atoms with E-state index in [1.54, 1.807) is 7.11 Å². The molecule has 41 heavy (non-hydrogen) atoms. The lowest BCUT2D eigenvalue weighted by Crippen LogP contribution is -2.58. The number of rotatable bonds is 9. The number of fused-ring (bicyclic) bond motifs is 1. The van der Waals surface area contributed by atoms with Gasteiger partial charge in [-0.05, 0) is 61.1 Å². The Morgan fingerprint density at radius 1 is 0.927 bits per heavy atom. The summed E-state index contributed by atoms with van der Waals surface area (Å²) in [4.78, 5) is 31.1. The van der Waals surface area contributed by atoms with Crippen LogP contribution in [0.25, 0.3) is 0 Å². The van der Waals surface area contributed by atoms with Crippen LogP contribution in [0.1, 0.15) is 87.3 Å². The molecule has 0 aromatic heterocycles. The number of carbonyl (C=O) groups is 2. The first-order chi connectivity index (χ1) is 20.1. The Morgan fingerprint density at radius 3 is 2.12 bits per heavy atom. The molecular weight excluding hydrogens is 520 g/mol. The van der Waals surface area contributed by atoms with Crippen LogP contribution in [0.2, 0.25) is 0 Å². The summed E-state index contributed by atoms with van der Waals surface area (Å²) in [5.41, 5.74) is 1.79. The van der Waals surface area contributed by atoms with E-state index >= 15 is 0 Å². The van der Waals surface area contributed by atoms with Gasteiger partial charge in [0.15, 0.2) is 17.8 Å². The molecule has 1 saturated heterocycles. The number of carboxylic acids is 1. The number of hydrogen-bond donors (Lipinski definition) is 1. The monoisotopic (exact) mass is 562 g/mol. The van der Waals surface area contributed by atoms with Crippen molar-refractivity contribution in [2.24, 2.45) is 5.92 Å². The lowest BCUT2D eigenvalue weighted by molar-refractivity contribution is -0.144. The average Bonchev–Trinajstić information content (AvgIpc) is 3.65. The van der Waals surface area contributed by atoms with Crippen molar-refractivity contribution in [3.63, 3.8) is 0 Å². The number of ether oxygens (including phenoxy) is 3. The highest BCUT2D eigenvalue weighted by Gasteiger charge is 2.52. The van der Waals surface area contributed by atoms with E-state index in [-0.39, 0.29) is 12.7 Å². The molecule has 220 valence electrons. The number of aldehydes is 1. The maximum Gasteiger partial charge on any atom is 0.309 e. The molecular formula is C33H42N2O6. The van der Waals surface area contributed by atoms with Crippen molar-refractivity contribution >= 4 is 12.3 Å². The number of carboxylic acid groups (broad SMARTS) is 1. The molecule has 2 aromatic carbocycles. The molecule has 4 atom stereocenters. The van der Waals surface area contributed by atoms with E-state index in [9.17, 15) is 14.7 Å². The predicted octanol–water partition coefficient (Wildman–Crippen LogP) is 5.76. The molecule has 3 fully saturated rings. The molecule has 2 saturated carbocycles. The number of nitrogens with zero attached hydrogens (tertiary/aromatic N) is 2. The Kier molecular flexibility index (Phi) is 8.49. The molecule has 1 N–H and O–H groups in total. The van der Waals surface area contributed by atoms with E-state index in [0.29, 0.717) is 30.1 Å². The second-order valence-electron chi connectivity index (χ2n) is 12.1. The number of aliphatic carboxylic acids is 1. The fourth-order valence-electron chi connectivity index (χ4n) is 7.92. The third kappa shape index (κ3) is 5.56. The van der Waals surface area contributed by atoms with Gasteiger partial charge in [0.25, 0.3) is 0 Å². The van der Waals surface area contributed by atoms with Gasteiger partial charge >= 0.3 is 5.97 Å². The van der Waals surface area contributed by atoms with E-state index in [4.69, 9.17) is 14.2 Å². The van der Waals surface area contributed by atoms with Crippen LogP contribution in [-0.4, -0.2) is 65.9 Å². The number of benzene rings is 2. The third-order valence-electron chi connectivity index (χ3n) is 9.87. The quantitative estimate of drug-likeness (QED) is 0.386. The molecule has 6 rings (SSSR count). The minimum Gasteiger partial charge on any atom is -0.497 e. The Hall–Kier alpha value is -3.10. The second-order valence-corrected chi connectivity index (χ2v) is 12.1. The predicted molar refractivity (Wildman–Crippen MR) is 154 cm³/mol. The molecule has 4 unspecified atom stereocenters. The summed E-state index contributed by atoms with van der Waals surface area (Å²) in [6.45, 7) is 0.629. The summed E-state index contributed by atoms with van der Waals surface area (Å²) in [5, 5.41) is 10.8. The summed E-state index contributed by atoms with van der Waals surface area (Å²) in [6.07, 6.45) is 12.2. The Morgan fingerprint density at radius 2 is 1.54 bits per heavy atom. The van der Waals surface area contributed by atoms with E-state index in [1.165, 1.54) is 38.5 Å². The van der Waals surface area contributed by atoms with E-state index in [0.717, 1.165) is 48.8 Å².